The highest BCUT2D eigenvalue weighted by Crippen LogP contribution is 2.26. The first kappa shape index (κ1) is 16.5. The molecule has 0 N–H and O–H groups in total. The van der Waals surface area contributed by atoms with Gasteiger partial charge in [0.25, 0.3) is 0 Å². The van der Waals surface area contributed by atoms with Gasteiger partial charge in [0.1, 0.15) is 5.82 Å². The normalized spacial score (nSPS) is 19.3. The van der Waals surface area contributed by atoms with Crippen LogP contribution >= 0.6 is 11.8 Å². The Balaban J connectivity index is 1.63. The summed E-state index contributed by atoms with van der Waals surface area (Å²) in [6, 6.07) is 0. The Morgan fingerprint density at radius 2 is 2.26 bits per heavy atom. The molecule has 23 heavy (non-hydrogen) atoms. The van der Waals surface area contributed by atoms with Crippen molar-refractivity contribution in [3.63, 3.8) is 0 Å². The molecule has 2 aromatic heterocycles. The molecule has 3 rings (SSSR count). The van der Waals surface area contributed by atoms with Crippen LogP contribution in [0.2, 0.25) is 0 Å². The van der Waals surface area contributed by atoms with Gasteiger partial charge in [0.05, 0.1) is 12.9 Å². The molecule has 3 heterocycles. The second-order valence-electron chi connectivity index (χ2n) is 6.25. The zero-order chi connectivity index (χ0) is 16.1. The third kappa shape index (κ3) is 4.14. The lowest BCUT2D eigenvalue weighted by atomic mass is 9.97. The molecule has 0 bridgehead atoms. The molecule has 0 aromatic carbocycles. The monoisotopic (exact) mass is 334 g/mol. The van der Waals surface area contributed by atoms with Gasteiger partial charge >= 0.3 is 0 Å². The predicted molar refractivity (Wildman–Crippen MR) is 93.7 cm³/mol. The van der Waals surface area contributed by atoms with Gasteiger partial charge in [-0.05, 0) is 44.4 Å². The van der Waals surface area contributed by atoms with Crippen LogP contribution in [0, 0.1) is 0 Å². The second kappa shape index (κ2) is 7.97. The largest absolute Gasteiger partial charge is 0.330 e. The van der Waals surface area contributed by atoms with Gasteiger partial charge in [0, 0.05) is 31.9 Å². The van der Waals surface area contributed by atoms with Gasteiger partial charge in [0.15, 0.2) is 5.82 Å². The maximum Gasteiger partial charge on any atom is 0.152 e. The molecule has 0 aliphatic carbocycles. The molecule has 1 aliphatic rings. The van der Waals surface area contributed by atoms with E-state index >= 15 is 0 Å². The van der Waals surface area contributed by atoms with Crippen LogP contribution in [0.4, 0.5) is 0 Å². The van der Waals surface area contributed by atoms with Crippen molar-refractivity contribution in [3.8, 4) is 0 Å². The Kier molecular flexibility index (Phi) is 5.72. The van der Waals surface area contributed by atoms with Crippen molar-refractivity contribution in [2.75, 3.05) is 31.6 Å². The number of nitrogens with zero attached hydrogens (tertiary/aromatic N) is 6. The first-order chi connectivity index (χ1) is 11.3. The van der Waals surface area contributed by atoms with Gasteiger partial charge in [-0.1, -0.05) is 0 Å². The molecule has 1 fully saturated rings. The summed E-state index contributed by atoms with van der Waals surface area (Å²) in [6.45, 7) is 4.28. The molecule has 126 valence electrons. The van der Waals surface area contributed by atoms with E-state index in [0.717, 1.165) is 24.7 Å². The van der Waals surface area contributed by atoms with Gasteiger partial charge < -0.3 is 14.0 Å². The number of piperidine rings is 1. The number of hydrogen-bond acceptors (Lipinski definition) is 5. The first-order valence-corrected chi connectivity index (χ1v) is 9.72. The summed E-state index contributed by atoms with van der Waals surface area (Å²) in [5.74, 6) is 3.89. The van der Waals surface area contributed by atoms with Crippen molar-refractivity contribution >= 4 is 11.8 Å². The fraction of sp³-hybridized carbons (Fsp3) is 0.688. The smallest absolute Gasteiger partial charge is 0.152 e. The van der Waals surface area contributed by atoms with E-state index in [1.54, 1.807) is 6.20 Å². The Morgan fingerprint density at radius 3 is 3.04 bits per heavy atom. The highest BCUT2D eigenvalue weighted by atomic mass is 32.2. The lowest BCUT2D eigenvalue weighted by Crippen LogP contribution is -2.36. The van der Waals surface area contributed by atoms with Crippen LogP contribution in [-0.2, 0) is 13.6 Å². The molecule has 0 amide bonds. The Bertz CT molecular complexity index is 594. The zero-order valence-electron chi connectivity index (χ0n) is 14.1. The maximum atomic E-state index is 4.50. The van der Waals surface area contributed by atoms with E-state index in [1.807, 2.05) is 28.9 Å². The molecule has 0 unspecified atom stereocenters. The average Bonchev–Trinajstić information content (AvgIpc) is 3.19. The highest BCUT2D eigenvalue weighted by molar-refractivity contribution is 7.98. The summed E-state index contributed by atoms with van der Waals surface area (Å²) in [5.41, 5.74) is 0. The Labute approximate surface area is 142 Å². The van der Waals surface area contributed by atoms with Crippen molar-refractivity contribution in [2.45, 2.75) is 31.7 Å². The number of likely N-dealkylation sites (tertiary alicyclic amines) is 1. The number of rotatable bonds is 7. The minimum Gasteiger partial charge on any atom is -0.330 e. The lowest BCUT2D eigenvalue weighted by Gasteiger charge is -2.32. The Morgan fingerprint density at radius 1 is 1.35 bits per heavy atom. The number of thioether (sulfide) groups is 1. The molecule has 0 radical (unpaired) electrons. The van der Waals surface area contributed by atoms with E-state index in [4.69, 9.17) is 0 Å². The number of hydrogen-bond donors (Lipinski definition) is 0. The van der Waals surface area contributed by atoms with Crippen LogP contribution in [0.1, 0.15) is 36.8 Å². The van der Waals surface area contributed by atoms with Gasteiger partial charge in [0.2, 0.25) is 0 Å². The topological polar surface area (TPSA) is 51.8 Å². The first-order valence-electron chi connectivity index (χ1n) is 8.33. The van der Waals surface area contributed by atoms with Crippen molar-refractivity contribution < 1.29 is 0 Å². The van der Waals surface area contributed by atoms with E-state index in [0.29, 0.717) is 5.92 Å². The standard InChI is InChI=1S/C16H26N6S/c1-20-15(12-22-9-6-17-13-22)18-19-16(20)14-5-3-7-21(11-14)8-4-10-23-2/h6,9,13-14H,3-5,7-8,10-12H2,1-2H3/t14-/m0/s1. The predicted octanol–water partition coefficient (Wildman–Crippen LogP) is 1.99. The minimum atomic E-state index is 0.507. The van der Waals surface area contributed by atoms with Crippen LogP contribution in [0.15, 0.2) is 18.7 Å². The van der Waals surface area contributed by atoms with Crippen molar-refractivity contribution in [2.24, 2.45) is 7.05 Å². The summed E-state index contributed by atoms with van der Waals surface area (Å²) in [7, 11) is 2.09. The van der Waals surface area contributed by atoms with Gasteiger partial charge in [-0.25, -0.2) is 4.98 Å². The zero-order valence-corrected chi connectivity index (χ0v) is 14.9. The third-order valence-corrected chi connectivity index (χ3v) is 5.27. The molecule has 0 saturated carbocycles. The molecule has 7 heteroatoms. The fourth-order valence-electron chi connectivity index (χ4n) is 3.31. The van der Waals surface area contributed by atoms with E-state index in [1.165, 1.54) is 38.1 Å². The van der Waals surface area contributed by atoms with E-state index in [2.05, 4.69) is 38.0 Å². The molecule has 2 aromatic rings. The molecular formula is C16H26N6S. The molecule has 1 aliphatic heterocycles. The van der Waals surface area contributed by atoms with Crippen LogP contribution in [-0.4, -0.2) is 60.9 Å². The van der Waals surface area contributed by atoms with Crippen molar-refractivity contribution in [1.82, 2.24) is 29.2 Å². The second-order valence-corrected chi connectivity index (χ2v) is 7.24. The summed E-state index contributed by atoms with van der Waals surface area (Å²) >= 11 is 1.93. The van der Waals surface area contributed by atoms with E-state index in [9.17, 15) is 0 Å². The van der Waals surface area contributed by atoms with Crippen LogP contribution in [0.5, 0.6) is 0 Å². The number of aromatic nitrogens is 5. The van der Waals surface area contributed by atoms with Crippen molar-refractivity contribution in [1.29, 1.82) is 0 Å². The molecule has 0 spiro atoms. The molecule has 1 atom stereocenters. The van der Waals surface area contributed by atoms with Crippen LogP contribution in [0.3, 0.4) is 0 Å². The highest BCUT2D eigenvalue weighted by Gasteiger charge is 2.25. The maximum absolute atomic E-state index is 4.50. The summed E-state index contributed by atoms with van der Waals surface area (Å²) in [6.07, 6.45) is 11.5. The SMILES string of the molecule is CSCCCN1CCC[C@H](c2nnc(Cn3ccnc3)n2C)C1. The fourth-order valence-corrected chi connectivity index (χ4v) is 3.73. The van der Waals surface area contributed by atoms with E-state index < -0.39 is 0 Å². The number of imidazole rings is 1. The summed E-state index contributed by atoms with van der Waals surface area (Å²) in [4.78, 5) is 6.68. The average molecular weight is 334 g/mol. The van der Waals surface area contributed by atoms with Gasteiger partial charge in [-0.3, -0.25) is 0 Å². The molecule has 6 nitrogen and oxygen atoms in total. The molecule has 1 saturated heterocycles. The van der Waals surface area contributed by atoms with Gasteiger partial charge in [-0.2, -0.15) is 11.8 Å². The summed E-state index contributed by atoms with van der Waals surface area (Å²) < 4.78 is 4.21. The van der Waals surface area contributed by atoms with Gasteiger partial charge in [-0.15, -0.1) is 10.2 Å². The van der Waals surface area contributed by atoms with Crippen molar-refractivity contribution in [3.05, 3.63) is 30.4 Å². The summed E-state index contributed by atoms with van der Waals surface area (Å²) in [5, 5.41) is 8.91. The lowest BCUT2D eigenvalue weighted by molar-refractivity contribution is 0.203. The quantitative estimate of drug-likeness (QED) is 0.725. The van der Waals surface area contributed by atoms with E-state index in [-0.39, 0.29) is 0 Å². The Hall–Kier alpha value is -1.34. The van der Waals surface area contributed by atoms with Crippen LogP contribution < -0.4 is 0 Å². The van der Waals surface area contributed by atoms with Crippen LogP contribution in [0.25, 0.3) is 0 Å². The third-order valence-electron chi connectivity index (χ3n) is 4.58. The molecular weight excluding hydrogens is 308 g/mol. The minimum absolute atomic E-state index is 0.507.